The molecule has 2 heterocycles. The van der Waals surface area contributed by atoms with Crippen LogP contribution in [-0.2, 0) is 6.54 Å². The molecule has 0 aliphatic rings. The second-order valence-electron chi connectivity index (χ2n) is 4.20. The highest BCUT2D eigenvalue weighted by atomic mass is 35.5. The summed E-state index contributed by atoms with van der Waals surface area (Å²) in [6.07, 6.45) is 0. The number of hydrogen-bond donors (Lipinski definition) is 1. The zero-order chi connectivity index (χ0) is 12.7. The lowest BCUT2D eigenvalue weighted by Gasteiger charge is -2.03. The van der Waals surface area contributed by atoms with E-state index in [-0.39, 0.29) is 0 Å². The van der Waals surface area contributed by atoms with Crippen molar-refractivity contribution in [2.75, 3.05) is 5.73 Å². The van der Waals surface area contributed by atoms with Crippen LogP contribution in [0, 0.1) is 6.92 Å². The highest BCUT2D eigenvalue weighted by Crippen LogP contribution is 2.28. The molecule has 2 aromatic heterocycles. The SMILES string of the molecule is Cc1nn(Cc2csc3ccccc23)c(N)c1Cl. The van der Waals surface area contributed by atoms with Crippen LogP contribution >= 0.6 is 22.9 Å². The van der Waals surface area contributed by atoms with E-state index in [1.165, 1.54) is 15.6 Å². The molecule has 0 saturated heterocycles. The van der Waals surface area contributed by atoms with E-state index in [4.69, 9.17) is 17.3 Å². The molecule has 0 unspecified atom stereocenters. The van der Waals surface area contributed by atoms with Crippen LogP contribution in [0.25, 0.3) is 10.1 Å². The Labute approximate surface area is 114 Å². The largest absolute Gasteiger partial charge is 0.383 e. The van der Waals surface area contributed by atoms with Gasteiger partial charge in [0.15, 0.2) is 0 Å². The zero-order valence-electron chi connectivity index (χ0n) is 9.85. The number of rotatable bonds is 2. The Balaban J connectivity index is 2.04. The molecule has 5 heteroatoms. The third-order valence-electron chi connectivity index (χ3n) is 2.97. The number of aromatic nitrogens is 2. The van der Waals surface area contributed by atoms with Gasteiger partial charge in [0.1, 0.15) is 10.8 Å². The van der Waals surface area contributed by atoms with Gasteiger partial charge in [-0.25, -0.2) is 4.68 Å². The van der Waals surface area contributed by atoms with Crippen LogP contribution in [0.1, 0.15) is 11.3 Å². The summed E-state index contributed by atoms with van der Waals surface area (Å²) in [6.45, 7) is 2.52. The average molecular weight is 278 g/mol. The summed E-state index contributed by atoms with van der Waals surface area (Å²) >= 11 is 7.79. The number of thiophene rings is 1. The van der Waals surface area contributed by atoms with Crippen molar-refractivity contribution in [1.82, 2.24) is 9.78 Å². The van der Waals surface area contributed by atoms with Crippen molar-refractivity contribution in [3.05, 3.63) is 45.9 Å². The standard InChI is InChI=1S/C13H12ClN3S/c1-8-12(14)13(15)17(16-8)6-9-7-18-11-5-3-2-4-10(9)11/h2-5,7H,6,15H2,1H3. The maximum absolute atomic E-state index is 6.05. The van der Waals surface area contributed by atoms with Gasteiger partial charge in [-0.05, 0) is 29.3 Å². The summed E-state index contributed by atoms with van der Waals surface area (Å²) in [5, 5.41) is 8.31. The molecule has 0 bridgehead atoms. The highest BCUT2D eigenvalue weighted by Gasteiger charge is 2.12. The lowest BCUT2D eigenvalue weighted by molar-refractivity contribution is 0.694. The lowest BCUT2D eigenvalue weighted by Crippen LogP contribution is -2.05. The van der Waals surface area contributed by atoms with Gasteiger partial charge < -0.3 is 5.73 Å². The first-order valence-corrected chi connectivity index (χ1v) is 6.86. The Bertz CT molecular complexity index is 714. The van der Waals surface area contributed by atoms with E-state index in [0.717, 1.165) is 5.69 Å². The van der Waals surface area contributed by atoms with Gasteiger partial charge in [-0.15, -0.1) is 11.3 Å². The van der Waals surface area contributed by atoms with E-state index < -0.39 is 0 Å². The predicted octanol–water partition coefficient (Wildman–Crippen LogP) is 3.69. The number of fused-ring (bicyclic) bond motifs is 1. The highest BCUT2D eigenvalue weighted by molar-refractivity contribution is 7.17. The average Bonchev–Trinajstić information content (AvgIpc) is 2.89. The number of hydrogen-bond acceptors (Lipinski definition) is 3. The van der Waals surface area contributed by atoms with Gasteiger partial charge in [-0.3, -0.25) is 0 Å². The first-order valence-electron chi connectivity index (χ1n) is 5.60. The predicted molar refractivity (Wildman–Crippen MR) is 77.3 cm³/mol. The first kappa shape index (κ1) is 11.6. The Morgan fingerprint density at radius 2 is 2.17 bits per heavy atom. The zero-order valence-corrected chi connectivity index (χ0v) is 11.4. The fraction of sp³-hybridized carbons (Fsp3) is 0.154. The van der Waals surface area contributed by atoms with Crippen molar-refractivity contribution in [2.24, 2.45) is 0 Å². The van der Waals surface area contributed by atoms with E-state index in [1.54, 1.807) is 16.0 Å². The molecule has 0 aliphatic heterocycles. The van der Waals surface area contributed by atoms with Crippen LogP contribution in [0.2, 0.25) is 5.02 Å². The van der Waals surface area contributed by atoms with Crippen molar-refractivity contribution in [1.29, 1.82) is 0 Å². The molecule has 3 nitrogen and oxygen atoms in total. The summed E-state index contributed by atoms with van der Waals surface area (Å²) in [4.78, 5) is 0. The molecular formula is C13H12ClN3S. The number of nitrogens with zero attached hydrogens (tertiary/aromatic N) is 2. The smallest absolute Gasteiger partial charge is 0.141 e. The molecule has 0 radical (unpaired) electrons. The fourth-order valence-electron chi connectivity index (χ4n) is 2.01. The van der Waals surface area contributed by atoms with Crippen LogP contribution in [0.3, 0.4) is 0 Å². The van der Waals surface area contributed by atoms with E-state index in [9.17, 15) is 0 Å². The second kappa shape index (κ2) is 4.30. The molecule has 0 amide bonds. The number of nitrogens with two attached hydrogens (primary N) is 1. The molecule has 3 rings (SSSR count). The minimum atomic E-state index is 0.532. The van der Waals surface area contributed by atoms with Gasteiger partial charge in [0.2, 0.25) is 0 Å². The van der Waals surface area contributed by atoms with E-state index in [0.29, 0.717) is 17.4 Å². The van der Waals surface area contributed by atoms with Crippen LogP contribution in [-0.4, -0.2) is 9.78 Å². The Hall–Kier alpha value is -1.52. The minimum Gasteiger partial charge on any atom is -0.383 e. The van der Waals surface area contributed by atoms with Crippen LogP contribution in [0.15, 0.2) is 29.6 Å². The van der Waals surface area contributed by atoms with Gasteiger partial charge >= 0.3 is 0 Å². The number of aryl methyl sites for hydroxylation is 1. The van der Waals surface area contributed by atoms with Gasteiger partial charge in [-0.1, -0.05) is 29.8 Å². The molecule has 0 fully saturated rings. The van der Waals surface area contributed by atoms with Crippen LogP contribution in [0.4, 0.5) is 5.82 Å². The molecule has 18 heavy (non-hydrogen) atoms. The Kier molecular flexibility index (Phi) is 2.76. The monoisotopic (exact) mass is 277 g/mol. The van der Waals surface area contributed by atoms with Gasteiger partial charge in [0, 0.05) is 4.70 Å². The minimum absolute atomic E-state index is 0.532. The van der Waals surface area contributed by atoms with Gasteiger partial charge in [0.25, 0.3) is 0 Å². The number of benzene rings is 1. The first-order chi connectivity index (χ1) is 8.66. The summed E-state index contributed by atoms with van der Waals surface area (Å²) < 4.78 is 3.03. The number of nitrogen functional groups attached to an aromatic ring is 1. The maximum Gasteiger partial charge on any atom is 0.141 e. The summed E-state index contributed by atoms with van der Waals surface area (Å²) in [5.41, 5.74) is 7.93. The fourth-order valence-corrected chi connectivity index (χ4v) is 3.10. The van der Waals surface area contributed by atoms with Gasteiger partial charge in [-0.2, -0.15) is 5.10 Å². The van der Waals surface area contributed by atoms with Crippen molar-refractivity contribution >= 4 is 38.8 Å². The third-order valence-corrected chi connectivity index (χ3v) is 4.45. The summed E-state index contributed by atoms with van der Waals surface area (Å²) in [6, 6.07) is 8.33. The summed E-state index contributed by atoms with van der Waals surface area (Å²) in [5.74, 6) is 0.532. The molecule has 0 aliphatic carbocycles. The van der Waals surface area contributed by atoms with Crippen molar-refractivity contribution in [2.45, 2.75) is 13.5 Å². The van der Waals surface area contributed by atoms with Crippen molar-refractivity contribution in [3.63, 3.8) is 0 Å². The Morgan fingerprint density at radius 3 is 2.89 bits per heavy atom. The van der Waals surface area contributed by atoms with E-state index in [1.807, 2.05) is 19.1 Å². The third kappa shape index (κ3) is 1.78. The molecule has 2 N–H and O–H groups in total. The van der Waals surface area contributed by atoms with Crippen molar-refractivity contribution < 1.29 is 0 Å². The maximum atomic E-state index is 6.05. The van der Waals surface area contributed by atoms with Crippen LogP contribution < -0.4 is 5.73 Å². The quantitative estimate of drug-likeness (QED) is 0.776. The number of halogens is 1. The summed E-state index contributed by atoms with van der Waals surface area (Å²) in [7, 11) is 0. The van der Waals surface area contributed by atoms with Gasteiger partial charge in [0.05, 0.1) is 12.2 Å². The molecular weight excluding hydrogens is 266 g/mol. The number of anilines is 1. The molecule has 0 saturated carbocycles. The van der Waals surface area contributed by atoms with Crippen molar-refractivity contribution in [3.8, 4) is 0 Å². The second-order valence-corrected chi connectivity index (χ2v) is 5.49. The topological polar surface area (TPSA) is 43.8 Å². The van der Waals surface area contributed by atoms with E-state index >= 15 is 0 Å². The normalized spacial score (nSPS) is 11.2. The lowest BCUT2D eigenvalue weighted by atomic mass is 10.2. The molecule has 0 spiro atoms. The van der Waals surface area contributed by atoms with E-state index in [2.05, 4.69) is 22.6 Å². The molecule has 0 atom stereocenters. The molecule has 3 aromatic rings. The molecule has 92 valence electrons. The Morgan fingerprint density at radius 1 is 1.39 bits per heavy atom. The van der Waals surface area contributed by atoms with Crippen LogP contribution in [0.5, 0.6) is 0 Å². The molecule has 1 aromatic carbocycles.